The van der Waals surface area contributed by atoms with Crippen molar-refractivity contribution >= 4 is 5.78 Å². The fourth-order valence-electron chi connectivity index (χ4n) is 4.41. The van der Waals surface area contributed by atoms with Crippen molar-refractivity contribution in [3.63, 3.8) is 0 Å². The van der Waals surface area contributed by atoms with Crippen molar-refractivity contribution in [2.24, 2.45) is 23.2 Å². The number of ketones is 1. The molecule has 0 aromatic heterocycles. The van der Waals surface area contributed by atoms with Crippen molar-refractivity contribution < 1.29 is 9.90 Å². The summed E-state index contributed by atoms with van der Waals surface area (Å²) in [5.74, 6) is 1.67. The Kier molecular flexibility index (Phi) is 8.37. The molecule has 0 fully saturated rings. The number of hydrogen-bond donors (Lipinski definition) is 1. The zero-order chi connectivity index (χ0) is 20.1. The number of hydrogen-bond acceptors (Lipinski definition) is 2. The highest BCUT2D eigenvalue weighted by Crippen LogP contribution is 2.47. The van der Waals surface area contributed by atoms with Gasteiger partial charge in [0.05, 0.1) is 0 Å². The van der Waals surface area contributed by atoms with E-state index >= 15 is 0 Å². The van der Waals surface area contributed by atoms with Gasteiger partial charge in [0.15, 0.2) is 5.76 Å². The smallest absolute Gasteiger partial charge is 0.220 e. The first-order valence-electron chi connectivity index (χ1n) is 10.4. The number of carbonyl (C=O) groups is 1. The number of carbonyl (C=O) groups excluding carboxylic acids is 1. The normalized spacial score (nSPS) is 21.8. The molecule has 26 heavy (non-hydrogen) atoms. The average Bonchev–Trinajstić information content (AvgIpc) is 2.57. The summed E-state index contributed by atoms with van der Waals surface area (Å²) >= 11 is 0. The van der Waals surface area contributed by atoms with Crippen molar-refractivity contribution in [1.82, 2.24) is 0 Å². The van der Waals surface area contributed by atoms with E-state index in [-0.39, 0.29) is 17.0 Å². The fraction of sp³-hybridized carbons (Fsp3) is 0.708. The van der Waals surface area contributed by atoms with Crippen LogP contribution in [0.15, 0.2) is 34.6 Å². The van der Waals surface area contributed by atoms with Gasteiger partial charge in [-0.1, -0.05) is 54.0 Å². The number of rotatable bonds is 9. The maximum Gasteiger partial charge on any atom is 0.220 e. The molecule has 1 aliphatic carbocycles. The molecule has 0 heterocycles. The van der Waals surface area contributed by atoms with Crippen LogP contribution in [0, 0.1) is 23.2 Å². The molecule has 148 valence electrons. The van der Waals surface area contributed by atoms with Gasteiger partial charge in [0.25, 0.3) is 0 Å². The summed E-state index contributed by atoms with van der Waals surface area (Å²) < 4.78 is 0. The van der Waals surface area contributed by atoms with Crippen LogP contribution in [0.4, 0.5) is 0 Å². The number of aliphatic hydroxyl groups excluding tert-OH is 1. The third kappa shape index (κ3) is 5.59. The van der Waals surface area contributed by atoms with E-state index in [0.717, 1.165) is 41.9 Å². The van der Waals surface area contributed by atoms with Crippen LogP contribution >= 0.6 is 0 Å². The first kappa shape index (κ1) is 22.7. The summed E-state index contributed by atoms with van der Waals surface area (Å²) in [7, 11) is 0. The Balaban J connectivity index is 3.20. The van der Waals surface area contributed by atoms with Crippen LogP contribution in [0.2, 0.25) is 0 Å². The molecule has 3 atom stereocenters. The van der Waals surface area contributed by atoms with Gasteiger partial charge in [0, 0.05) is 5.57 Å². The molecule has 0 aromatic carbocycles. The highest BCUT2D eigenvalue weighted by Gasteiger charge is 2.36. The van der Waals surface area contributed by atoms with Gasteiger partial charge >= 0.3 is 0 Å². The molecule has 1 unspecified atom stereocenters. The molecule has 2 heteroatoms. The quantitative estimate of drug-likeness (QED) is 0.473. The molecule has 0 saturated heterocycles. The van der Waals surface area contributed by atoms with Crippen LogP contribution in [-0.4, -0.2) is 10.9 Å². The highest BCUT2D eigenvalue weighted by atomic mass is 16.3. The predicted octanol–water partition coefficient (Wildman–Crippen LogP) is 7.18. The van der Waals surface area contributed by atoms with E-state index in [1.54, 1.807) is 6.08 Å². The standard InChI is InChI=1S/C24H40O2/c1-9-17(5)15-24(8,12-11-18(6)13-16(3)4)21-14-22(25)23(26)19(7)20(21)10-2/h10,14,16-18,26H,9,11-13,15H2,1-8H3/b20-10-/t17-,18?,24+/m0/s1. The van der Waals surface area contributed by atoms with Crippen molar-refractivity contribution in [3.05, 3.63) is 34.6 Å². The summed E-state index contributed by atoms with van der Waals surface area (Å²) in [6.07, 6.45) is 9.46. The Labute approximate surface area is 161 Å². The van der Waals surface area contributed by atoms with Crippen molar-refractivity contribution in [2.75, 3.05) is 0 Å². The molecular weight excluding hydrogens is 320 g/mol. The van der Waals surface area contributed by atoms with Gasteiger partial charge in [-0.25, -0.2) is 0 Å². The second kappa shape index (κ2) is 9.58. The van der Waals surface area contributed by atoms with Crippen molar-refractivity contribution in [1.29, 1.82) is 0 Å². The molecule has 0 spiro atoms. The van der Waals surface area contributed by atoms with Crippen LogP contribution in [0.5, 0.6) is 0 Å². The van der Waals surface area contributed by atoms with Gasteiger partial charge in [-0.05, 0) is 79.9 Å². The molecule has 1 aliphatic rings. The van der Waals surface area contributed by atoms with Crippen molar-refractivity contribution in [2.45, 2.75) is 87.5 Å². The first-order valence-corrected chi connectivity index (χ1v) is 10.4. The molecule has 1 N–H and O–H groups in total. The Morgan fingerprint density at radius 3 is 2.31 bits per heavy atom. The summed E-state index contributed by atoms with van der Waals surface area (Å²) in [5.41, 5.74) is 2.85. The predicted molar refractivity (Wildman–Crippen MR) is 112 cm³/mol. The van der Waals surface area contributed by atoms with Crippen LogP contribution in [-0.2, 0) is 4.79 Å². The van der Waals surface area contributed by atoms with Gasteiger partial charge in [0.2, 0.25) is 5.78 Å². The van der Waals surface area contributed by atoms with E-state index in [1.165, 1.54) is 12.8 Å². The van der Waals surface area contributed by atoms with Crippen LogP contribution in [0.1, 0.15) is 87.5 Å². The first-order chi connectivity index (χ1) is 12.1. The maximum atomic E-state index is 12.4. The second-order valence-corrected chi connectivity index (χ2v) is 9.15. The van der Waals surface area contributed by atoms with Gasteiger partial charge in [-0.3, -0.25) is 4.79 Å². The molecule has 0 saturated carbocycles. The minimum absolute atomic E-state index is 0.0415. The number of allylic oxidation sites excluding steroid dienone is 5. The minimum atomic E-state index is -0.242. The Morgan fingerprint density at radius 2 is 1.81 bits per heavy atom. The zero-order valence-corrected chi connectivity index (χ0v) is 18.3. The lowest BCUT2D eigenvalue weighted by molar-refractivity contribution is -0.113. The van der Waals surface area contributed by atoms with E-state index in [9.17, 15) is 9.90 Å². The molecule has 1 rings (SSSR count). The summed E-state index contributed by atoms with van der Waals surface area (Å²) in [4.78, 5) is 12.4. The molecule has 0 radical (unpaired) electrons. The third-order valence-corrected chi connectivity index (χ3v) is 6.06. The topological polar surface area (TPSA) is 37.3 Å². The Morgan fingerprint density at radius 1 is 1.19 bits per heavy atom. The van der Waals surface area contributed by atoms with E-state index in [0.29, 0.717) is 11.8 Å². The largest absolute Gasteiger partial charge is 0.504 e. The van der Waals surface area contributed by atoms with Gasteiger partial charge in [0.1, 0.15) is 0 Å². The molecule has 0 aromatic rings. The third-order valence-electron chi connectivity index (χ3n) is 6.06. The average molecular weight is 361 g/mol. The molecular formula is C24H40O2. The minimum Gasteiger partial charge on any atom is -0.504 e. The van der Waals surface area contributed by atoms with E-state index < -0.39 is 0 Å². The SMILES string of the molecule is C/C=C1\C([C@](C)(CCC(C)CC(C)C)C[C@@H](C)CC)=CC(=O)C(O)=C1C. The second-order valence-electron chi connectivity index (χ2n) is 9.15. The van der Waals surface area contributed by atoms with E-state index in [4.69, 9.17) is 0 Å². The van der Waals surface area contributed by atoms with Crippen LogP contribution < -0.4 is 0 Å². The lowest BCUT2D eigenvalue weighted by Gasteiger charge is -2.38. The Hall–Kier alpha value is -1.31. The Bertz CT molecular complexity index is 591. The van der Waals surface area contributed by atoms with Gasteiger partial charge in [-0.2, -0.15) is 0 Å². The van der Waals surface area contributed by atoms with Crippen molar-refractivity contribution in [3.8, 4) is 0 Å². The lowest BCUT2D eigenvalue weighted by Crippen LogP contribution is -2.28. The fourth-order valence-corrected chi connectivity index (χ4v) is 4.41. The number of aliphatic hydroxyl groups is 1. The molecule has 0 bridgehead atoms. The molecule has 2 nitrogen and oxygen atoms in total. The van der Waals surface area contributed by atoms with Gasteiger partial charge < -0.3 is 5.11 Å². The van der Waals surface area contributed by atoms with Crippen LogP contribution in [0.3, 0.4) is 0 Å². The molecule has 0 amide bonds. The molecule has 0 aliphatic heterocycles. The maximum absolute atomic E-state index is 12.4. The lowest BCUT2D eigenvalue weighted by atomic mass is 9.66. The monoisotopic (exact) mass is 360 g/mol. The van der Waals surface area contributed by atoms with Gasteiger partial charge in [-0.15, -0.1) is 0 Å². The van der Waals surface area contributed by atoms with E-state index in [2.05, 4.69) is 47.6 Å². The zero-order valence-electron chi connectivity index (χ0n) is 18.3. The summed E-state index contributed by atoms with van der Waals surface area (Å²) in [6, 6.07) is 0. The summed E-state index contributed by atoms with van der Waals surface area (Å²) in [6.45, 7) is 17.6. The summed E-state index contributed by atoms with van der Waals surface area (Å²) in [5, 5.41) is 10.1. The highest BCUT2D eigenvalue weighted by molar-refractivity contribution is 6.06. The van der Waals surface area contributed by atoms with E-state index in [1.807, 2.05) is 13.8 Å². The van der Waals surface area contributed by atoms with Crippen LogP contribution in [0.25, 0.3) is 0 Å².